The fourth-order valence-corrected chi connectivity index (χ4v) is 4.19. The molecule has 138 valence electrons. The van der Waals surface area contributed by atoms with Crippen LogP contribution in [-0.4, -0.2) is 6.61 Å². The van der Waals surface area contributed by atoms with Crippen LogP contribution in [0.1, 0.15) is 41.0 Å². The van der Waals surface area contributed by atoms with Gasteiger partial charge in [0.15, 0.2) is 5.88 Å². The predicted molar refractivity (Wildman–Crippen MR) is 113 cm³/mol. The van der Waals surface area contributed by atoms with Crippen LogP contribution < -0.4 is 5.32 Å². The first kappa shape index (κ1) is 17.9. The van der Waals surface area contributed by atoms with Crippen LogP contribution in [-0.2, 0) is 11.3 Å². The zero-order chi connectivity index (χ0) is 18.8. The number of hydrogen-bond acceptors (Lipinski definition) is 2. The third-order valence-electron chi connectivity index (χ3n) is 5.52. The van der Waals surface area contributed by atoms with Gasteiger partial charge in [-0.15, -0.1) is 0 Å². The van der Waals surface area contributed by atoms with Gasteiger partial charge in [0, 0.05) is 17.5 Å². The lowest BCUT2D eigenvalue weighted by Gasteiger charge is -2.19. The molecule has 2 aromatic carbocycles. The molecule has 2 aliphatic rings. The molecule has 0 radical (unpaired) electrons. The number of allylic oxidation sites excluding steroid dienone is 3. The summed E-state index contributed by atoms with van der Waals surface area (Å²) in [5, 5.41) is 4.06. The largest absolute Gasteiger partial charge is 0.479 e. The van der Waals surface area contributed by atoms with Crippen LogP contribution in [0.3, 0.4) is 0 Å². The Hall–Kier alpha value is -2.45. The number of benzene rings is 2. The van der Waals surface area contributed by atoms with Crippen molar-refractivity contribution in [2.75, 3.05) is 6.61 Å². The Bertz CT molecular complexity index is 941. The summed E-state index contributed by atoms with van der Waals surface area (Å²) in [5.74, 6) is 0.875. The molecule has 27 heavy (non-hydrogen) atoms. The highest BCUT2D eigenvalue weighted by Crippen LogP contribution is 2.46. The van der Waals surface area contributed by atoms with Crippen LogP contribution in [0, 0.1) is 6.92 Å². The Kier molecular flexibility index (Phi) is 5.09. The van der Waals surface area contributed by atoms with Crippen molar-refractivity contribution in [3.05, 3.63) is 99.9 Å². The lowest BCUT2D eigenvalue weighted by molar-refractivity contribution is 0.183. The molecule has 0 aliphatic heterocycles. The summed E-state index contributed by atoms with van der Waals surface area (Å²) < 4.78 is 6.02. The minimum absolute atomic E-state index is 0.277. The third kappa shape index (κ3) is 3.54. The number of ether oxygens (including phenoxy) is 1. The van der Waals surface area contributed by atoms with Crippen LogP contribution in [0.15, 0.2) is 72.7 Å². The highest BCUT2D eigenvalue weighted by atomic mass is 35.5. The molecule has 0 spiro atoms. The van der Waals surface area contributed by atoms with E-state index in [-0.39, 0.29) is 5.92 Å². The highest BCUT2D eigenvalue weighted by Gasteiger charge is 2.30. The maximum absolute atomic E-state index is 6.20. The Morgan fingerprint density at radius 1 is 1.22 bits per heavy atom. The third-order valence-corrected chi connectivity index (χ3v) is 5.93. The van der Waals surface area contributed by atoms with Crippen LogP contribution in [0.4, 0.5) is 0 Å². The van der Waals surface area contributed by atoms with Crippen molar-refractivity contribution in [1.29, 1.82) is 0 Å². The van der Waals surface area contributed by atoms with Gasteiger partial charge in [-0.1, -0.05) is 60.2 Å². The van der Waals surface area contributed by atoms with Crippen molar-refractivity contribution in [2.24, 2.45) is 0 Å². The van der Waals surface area contributed by atoms with Crippen LogP contribution in [0.5, 0.6) is 0 Å². The molecule has 2 nitrogen and oxygen atoms in total. The first-order valence-electron chi connectivity index (χ1n) is 9.43. The summed E-state index contributed by atoms with van der Waals surface area (Å²) in [5.41, 5.74) is 7.88. The number of nitrogens with one attached hydrogen (secondary N) is 1. The molecule has 2 aliphatic carbocycles. The number of halogens is 1. The Labute approximate surface area is 166 Å². The maximum Gasteiger partial charge on any atom is 0.179 e. The lowest BCUT2D eigenvalue weighted by Crippen LogP contribution is -2.18. The predicted octanol–water partition coefficient (Wildman–Crippen LogP) is 6.13. The average Bonchev–Trinajstić information content (AvgIpc) is 3.01. The van der Waals surface area contributed by atoms with Gasteiger partial charge >= 0.3 is 0 Å². The smallest absolute Gasteiger partial charge is 0.179 e. The van der Waals surface area contributed by atoms with Gasteiger partial charge in [-0.25, -0.2) is 0 Å². The zero-order valence-electron chi connectivity index (χ0n) is 15.6. The molecule has 3 heteroatoms. The Morgan fingerprint density at radius 2 is 2.07 bits per heavy atom. The molecular formula is C24H24ClNO. The molecule has 4 rings (SSSR count). The molecule has 2 aromatic rings. The van der Waals surface area contributed by atoms with Crippen molar-refractivity contribution in [3.8, 4) is 0 Å². The number of rotatable bonds is 6. The molecular weight excluding hydrogens is 354 g/mol. The van der Waals surface area contributed by atoms with Gasteiger partial charge in [0.05, 0.1) is 0 Å². The Morgan fingerprint density at radius 3 is 2.96 bits per heavy atom. The van der Waals surface area contributed by atoms with Gasteiger partial charge in [0.25, 0.3) is 0 Å². The lowest BCUT2D eigenvalue weighted by atomic mass is 9.93. The van der Waals surface area contributed by atoms with E-state index in [0.717, 1.165) is 29.0 Å². The molecule has 1 N–H and O–H groups in total. The quantitative estimate of drug-likeness (QED) is 0.611. The number of fused-ring (bicyclic) bond motifs is 2. The van der Waals surface area contributed by atoms with E-state index in [1.54, 1.807) is 0 Å². The summed E-state index contributed by atoms with van der Waals surface area (Å²) in [7, 11) is 0. The molecule has 1 atom stereocenters. The van der Waals surface area contributed by atoms with E-state index < -0.39 is 0 Å². The second-order valence-electron chi connectivity index (χ2n) is 7.13. The minimum atomic E-state index is 0.277. The van der Waals surface area contributed by atoms with E-state index in [4.69, 9.17) is 16.3 Å². The van der Waals surface area contributed by atoms with Crippen molar-refractivity contribution in [2.45, 2.75) is 32.2 Å². The van der Waals surface area contributed by atoms with Crippen LogP contribution >= 0.6 is 11.6 Å². The van der Waals surface area contributed by atoms with E-state index in [9.17, 15) is 0 Å². The second kappa shape index (κ2) is 7.66. The second-order valence-corrected chi connectivity index (χ2v) is 7.53. The molecule has 0 bridgehead atoms. The molecule has 0 fully saturated rings. The van der Waals surface area contributed by atoms with Crippen LogP contribution in [0.25, 0.3) is 5.57 Å². The maximum atomic E-state index is 6.20. The van der Waals surface area contributed by atoms with Crippen molar-refractivity contribution >= 4 is 17.2 Å². The fourth-order valence-electron chi connectivity index (χ4n) is 3.99. The highest BCUT2D eigenvalue weighted by molar-refractivity contribution is 6.31. The van der Waals surface area contributed by atoms with E-state index in [1.165, 1.54) is 22.3 Å². The summed E-state index contributed by atoms with van der Waals surface area (Å²) in [6.45, 7) is 7.32. The first-order valence-corrected chi connectivity index (χ1v) is 9.81. The molecule has 0 aromatic heterocycles. The van der Waals surface area contributed by atoms with E-state index in [2.05, 4.69) is 54.4 Å². The minimum Gasteiger partial charge on any atom is -0.479 e. The summed E-state index contributed by atoms with van der Waals surface area (Å²) in [6.07, 6.45) is 6.78. The summed E-state index contributed by atoms with van der Waals surface area (Å²) in [6, 6.07) is 14.6. The van der Waals surface area contributed by atoms with E-state index >= 15 is 0 Å². The summed E-state index contributed by atoms with van der Waals surface area (Å²) >= 11 is 6.20. The monoisotopic (exact) mass is 377 g/mol. The SMILES string of the molecule is C=C(NCc1cccc(Cl)c1C)OCC1C2=C(CCC=C2)c2ccccc21. The number of hydrogen-bond donors (Lipinski definition) is 1. The van der Waals surface area contributed by atoms with Crippen molar-refractivity contribution in [3.63, 3.8) is 0 Å². The van der Waals surface area contributed by atoms with Gasteiger partial charge in [-0.2, -0.15) is 0 Å². The van der Waals surface area contributed by atoms with E-state index in [1.807, 2.05) is 19.1 Å². The first-order chi connectivity index (χ1) is 13.1. The molecule has 0 saturated carbocycles. The van der Waals surface area contributed by atoms with Gasteiger partial charge in [0.1, 0.15) is 6.61 Å². The van der Waals surface area contributed by atoms with Crippen molar-refractivity contribution in [1.82, 2.24) is 5.32 Å². The van der Waals surface area contributed by atoms with Gasteiger partial charge < -0.3 is 10.1 Å². The fraction of sp³-hybridized carbons (Fsp3) is 0.250. The molecule has 1 unspecified atom stereocenters. The van der Waals surface area contributed by atoms with E-state index in [0.29, 0.717) is 19.0 Å². The molecule has 0 heterocycles. The van der Waals surface area contributed by atoms with Gasteiger partial charge in [-0.3, -0.25) is 0 Å². The molecule has 0 saturated heterocycles. The zero-order valence-corrected chi connectivity index (χ0v) is 16.4. The van der Waals surface area contributed by atoms with Gasteiger partial charge in [0.2, 0.25) is 0 Å². The topological polar surface area (TPSA) is 21.3 Å². The normalized spacial score (nSPS) is 17.5. The van der Waals surface area contributed by atoms with Crippen molar-refractivity contribution < 1.29 is 4.74 Å². The van der Waals surface area contributed by atoms with Gasteiger partial charge in [-0.05, 0) is 65.8 Å². The average molecular weight is 378 g/mol. The van der Waals surface area contributed by atoms with Crippen LogP contribution in [0.2, 0.25) is 5.02 Å². The summed E-state index contributed by atoms with van der Waals surface area (Å²) in [4.78, 5) is 0. The standard InChI is InChI=1S/C24H24ClNO/c1-16-18(8-7-13-24(16)25)14-26-17(2)27-15-23-21-11-5-3-9-19(21)20-10-4-6-12-22(20)23/h3,5-9,11-13,23,26H,2,4,10,14-15H2,1H3. The molecule has 0 amide bonds. The Balaban J connectivity index is 1.41.